The van der Waals surface area contributed by atoms with Crippen LogP contribution in [0.1, 0.15) is 26.5 Å². The van der Waals surface area contributed by atoms with Crippen LogP contribution < -0.4 is 4.43 Å². The predicted octanol–water partition coefficient (Wildman–Crippen LogP) is 5.62. The van der Waals surface area contributed by atoms with Crippen LogP contribution in [0.4, 0.5) is 0 Å². The van der Waals surface area contributed by atoms with Crippen molar-refractivity contribution in [2.75, 3.05) is 0 Å². The number of aromatic nitrogens is 1. The van der Waals surface area contributed by atoms with Gasteiger partial charge in [0.1, 0.15) is 5.75 Å². The fourth-order valence-corrected chi connectivity index (χ4v) is 3.25. The summed E-state index contributed by atoms with van der Waals surface area (Å²) in [7, 11) is -1.81. The van der Waals surface area contributed by atoms with Gasteiger partial charge in [0.15, 0.2) is 0 Å². The number of H-pyrrole nitrogens is 1. The lowest BCUT2D eigenvalue weighted by Crippen LogP contribution is -2.44. The molecule has 1 aromatic carbocycles. The molecule has 2 nitrogen and oxygen atoms in total. The van der Waals surface area contributed by atoms with E-state index in [4.69, 9.17) is 4.43 Å². The first-order valence-corrected chi connectivity index (χ1v) is 10.3. The summed E-state index contributed by atoms with van der Waals surface area (Å²) < 4.78 is 7.57. The minimum absolute atomic E-state index is 0.203. The van der Waals surface area contributed by atoms with Crippen LogP contribution in [-0.2, 0) is 0 Å². The molecule has 104 valence electrons. The zero-order valence-electron chi connectivity index (χ0n) is 12.5. The average molecular weight is 340 g/mol. The van der Waals surface area contributed by atoms with E-state index in [0.717, 1.165) is 26.8 Å². The van der Waals surface area contributed by atoms with Gasteiger partial charge in [0.05, 0.1) is 5.69 Å². The van der Waals surface area contributed by atoms with E-state index < -0.39 is 8.32 Å². The lowest BCUT2D eigenvalue weighted by atomic mass is 10.2. The van der Waals surface area contributed by atoms with Crippen molar-refractivity contribution < 1.29 is 4.43 Å². The smallest absolute Gasteiger partial charge is 0.250 e. The number of hydrogen-bond donors (Lipinski definition) is 1. The number of aromatic amines is 1. The van der Waals surface area contributed by atoms with Crippen LogP contribution in [0.5, 0.6) is 5.75 Å². The molecule has 0 amide bonds. The van der Waals surface area contributed by atoms with Crippen molar-refractivity contribution in [3.05, 3.63) is 28.4 Å². The largest absolute Gasteiger partial charge is 0.542 e. The topological polar surface area (TPSA) is 25.0 Å². The molecule has 2 aromatic rings. The van der Waals surface area contributed by atoms with Crippen LogP contribution >= 0.6 is 15.9 Å². The summed E-state index contributed by atoms with van der Waals surface area (Å²) in [6, 6.07) is 6.26. The highest BCUT2D eigenvalue weighted by Gasteiger charge is 2.39. The second-order valence-corrected chi connectivity index (χ2v) is 12.3. The van der Waals surface area contributed by atoms with Gasteiger partial charge in [0.25, 0.3) is 8.32 Å². The molecule has 4 heteroatoms. The lowest BCUT2D eigenvalue weighted by molar-refractivity contribution is 0.493. The Morgan fingerprint density at radius 2 is 1.84 bits per heavy atom. The van der Waals surface area contributed by atoms with Gasteiger partial charge in [-0.2, -0.15) is 0 Å². The third-order valence-electron chi connectivity index (χ3n) is 4.05. The van der Waals surface area contributed by atoms with Crippen molar-refractivity contribution in [2.24, 2.45) is 0 Å². The van der Waals surface area contributed by atoms with Crippen molar-refractivity contribution in [2.45, 2.75) is 45.8 Å². The van der Waals surface area contributed by atoms with Gasteiger partial charge in [-0.05, 0) is 43.3 Å². The zero-order chi connectivity index (χ0) is 14.4. The minimum atomic E-state index is -1.81. The molecular weight excluding hydrogens is 318 g/mol. The minimum Gasteiger partial charge on any atom is -0.542 e. The molecule has 0 aliphatic rings. The van der Waals surface area contributed by atoms with E-state index >= 15 is 0 Å². The van der Waals surface area contributed by atoms with Gasteiger partial charge < -0.3 is 9.41 Å². The van der Waals surface area contributed by atoms with Crippen LogP contribution in [0.25, 0.3) is 10.9 Å². The summed E-state index contributed by atoms with van der Waals surface area (Å²) in [5.41, 5.74) is 2.24. The zero-order valence-corrected chi connectivity index (χ0v) is 15.1. The van der Waals surface area contributed by atoms with Crippen LogP contribution in [0.3, 0.4) is 0 Å². The Bertz CT molecular complexity index is 610. The molecule has 0 bridgehead atoms. The van der Waals surface area contributed by atoms with Crippen molar-refractivity contribution >= 4 is 35.2 Å². The maximum atomic E-state index is 6.49. The molecule has 0 atom stereocenters. The maximum Gasteiger partial charge on any atom is 0.250 e. The van der Waals surface area contributed by atoms with Crippen molar-refractivity contribution in [1.29, 1.82) is 0 Å². The Balaban J connectivity index is 2.51. The molecule has 2 rings (SSSR count). The summed E-state index contributed by atoms with van der Waals surface area (Å²) >= 11 is 3.54. The van der Waals surface area contributed by atoms with E-state index in [1.54, 1.807) is 0 Å². The fraction of sp³-hybridized carbons (Fsp3) is 0.467. The molecule has 1 N–H and O–H groups in total. The van der Waals surface area contributed by atoms with Gasteiger partial charge in [-0.15, -0.1) is 0 Å². The first kappa shape index (κ1) is 14.7. The van der Waals surface area contributed by atoms with Crippen LogP contribution in [0.15, 0.2) is 22.7 Å². The van der Waals surface area contributed by atoms with E-state index in [1.807, 2.05) is 6.07 Å². The molecule has 0 fully saturated rings. The van der Waals surface area contributed by atoms with E-state index in [-0.39, 0.29) is 5.04 Å². The lowest BCUT2D eigenvalue weighted by Gasteiger charge is -2.36. The van der Waals surface area contributed by atoms with Crippen LogP contribution in [0, 0.1) is 6.92 Å². The average Bonchev–Trinajstić information content (AvgIpc) is 2.54. The van der Waals surface area contributed by atoms with Gasteiger partial charge in [-0.25, -0.2) is 0 Å². The highest BCUT2D eigenvalue weighted by molar-refractivity contribution is 9.10. The maximum absolute atomic E-state index is 6.49. The SMILES string of the molecule is Cc1[nH]c2ccc(Br)cc2c1O[Si](C)(C)C(C)(C)C. The molecule has 0 unspecified atom stereocenters. The van der Waals surface area contributed by atoms with E-state index in [1.165, 1.54) is 0 Å². The third-order valence-corrected chi connectivity index (χ3v) is 8.87. The monoisotopic (exact) mass is 339 g/mol. The second kappa shape index (κ2) is 4.67. The first-order valence-electron chi connectivity index (χ1n) is 6.59. The fourth-order valence-electron chi connectivity index (χ4n) is 1.81. The Morgan fingerprint density at radius 1 is 1.21 bits per heavy atom. The second-order valence-electron chi connectivity index (χ2n) is 6.63. The molecule has 0 aliphatic heterocycles. The summed E-state index contributed by atoms with van der Waals surface area (Å²) in [5, 5.41) is 1.37. The normalized spacial score (nSPS) is 13.0. The third kappa shape index (κ3) is 2.74. The number of nitrogens with one attached hydrogen (secondary N) is 1. The Morgan fingerprint density at radius 3 is 2.42 bits per heavy atom. The molecule has 1 heterocycles. The van der Waals surface area contributed by atoms with Gasteiger partial charge in [-0.1, -0.05) is 36.7 Å². The van der Waals surface area contributed by atoms with Crippen molar-refractivity contribution in [1.82, 2.24) is 4.98 Å². The molecular formula is C15H22BrNOSi. The van der Waals surface area contributed by atoms with Gasteiger partial charge >= 0.3 is 0 Å². The highest BCUT2D eigenvalue weighted by Crippen LogP contribution is 2.41. The molecule has 1 aromatic heterocycles. The standard InChI is InChI=1S/C15H22BrNOSi/c1-10-14(18-19(5,6)15(2,3)4)12-9-11(16)7-8-13(12)17-10/h7-9,17H,1-6H3. The molecule has 19 heavy (non-hydrogen) atoms. The van der Waals surface area contributed by atoms with Gasteiger partial charge in [0.2, 0.25) is 0 Å². The summed E-state index contributed by atoms with van der Waals surface area (Å²) in [6.45, 7) is 13.4. The molecule has 0 saturated heterocycles. The molecule has 0 aliphatic carbocycles. The molecule has 0 radical (unpaired) electrons. The molecule has 0 spiro atoms. The Labute approximate surface area is 124 Å². The van der Waals surface area contributed by atoms with Crippen LogP contribution in [-0.4, -0.2) is 13.3 Å². The van der Waals surface area contributed by atoms with Crippen molar-refractivity contribution in [3.8, 4) is 5.75 Å². The predicted molar refractivity (Wildman–Crippen MR) is 88.6 cm³/mol. The number of aryl methyl sites for hydroxylation is 1. The number of rotatable bonds is 2. The number of hydrogen-bond acceptors (Lipinski definition) is 1. The molecule has 0 saturated carbocycles. The number of benzene rings is 1. The van der Waals surface area contributed by atoms with E-state index in [0.29, 0.717) is 0 Å². The summed E-state index contributed by atoms with van der Waals surface area (Å²) in [6.07, 6.45) is 0. The Kier molecular flexibility index (Phi) is 3.60. The number of halogens is 1. The highest BCUT2D eigenvalue weighted by atomic mass is 79.9. The van der Waals surface area contributed by atoms with Gasteiger partial charge in [-0.3, -0.25) is 0 Å². The first-order chi connectivity index (χ1) is 8.62. The van der Waals surface area contributed by atoms with Crippen LogP contribution in [0.2, 0.25) is 18.1 Å². The van der Waals surface area contributed by atoms with Gasteiger partial charge in [0, 0.05) is 15.4 Å². The summed E-state index contributed by atoms with van der Waals surface area (Å²) in [4.78, 5) is 3.40. The Hall–Kier alpha value is -0.743. The number of fused-ring (bicyclic) bond motifs is 1. The quantitative estimate of drug-likeness (QED) is 0.705. The summed E-state index contributed by atoms with van der Waals surface area (Å²) in [5.74, 6) is 1.02. The van der Waals surface area contributed by atoms with E-state index in [9.17, 15) is 0 Å². The van der Waals surface area contributed by atoms with Crippen molar-refractivity contribution in [3.63, 3.8) is 0 Å². The van der Waals surface area contributed by atoms with E-state index in [2.05, 4.69) is 73.8 Å².